The minimum absolute atomic E-state index is 0.00167. The van der Waals surface area contributed by atoms with E-state index >= 15 is 0 Å². The number of hydrogen-bond donors (Lipinski definition) is 1. The summed E-state index contributed by atoms with van der Waals surface area (Å²) in [6.07, 6.45) is 4.03. The van der Waals surface area contributed by atoms with E-state index in [0.29, 0.717) is 6.42 Å². The Hall–Kier alpha value is -0.870. The summed E-state index contributed by atoms with van der Waals surface area (Å²) in [6.45, 7) is 5.05. The third-order valence-corrected chi connectivity index (χ3v) is 2.82. The highest BCUT2D eigenvalue weighted by Gasteiger charge is 2.25. The molecule has 1 fully saturated rings. The first-order valence-electron chi connectivity index (χ1n) is 5.37. The van der Waals surface area contributed by atoms with Crippen LogP contribution in [0.1, 0.15) is 19.3 Å². The van der Waals surface area contributed by atoms with Crippen LogP contribution in [0.2, 0.25) is 0 Å². The molecule has 0 spiro atoms. The summed E-state index contributed by atoms with van der Waals surface area (Å²) in [7, 11) is 1.82. The average molecular weight is 212 g/mol. The zero-order chi connectivity index (χ0) is 11.3. The van der Waals surface area contributed by atoms with Gasteiger partial charge in [-0.3, -0.25) is 4.79 Å². The van der Waals surface area contributed by atoms with E-state index in [2.05, 4.69) is 6.58 Å². The van der Waals surface area contributed by atoms with E-state index in [1.54, 1.807) is 11.0 Å². The van der Waals surface area contributed by atoms with E-state index in [0.717, 1.165) is 26.1 Å². The van der Waals surface area contributed by atoms with E-state index in [4.69, 9.17) is 10.5 Å². The van der Waals surface area contributed by atoms with Gasteiger partial charge in [-0.15, -0.1) is 6.58 Å². The van der Waals surface area contributed by atoms with Crippen molar-refractivity contribution in [3.8, 4) is 0 Å². The van der Waals surface area contributed by atoms with Crippen molar-refractivity contribution in [1.82, 2.24) is 4.90 Å². The summed E-state index contributed by atoms with van der Waals surface area (Å²) < 4.78 is 5.25. The Kier molecular flexibility index (Phi) is 4.78. The van der Waals surface area contributed by atoms with Gasteiger partial charge in [-0.2, -0.15) is 0 Å². The fourth-order valence-electron chi connectivity index (χ4n) is 1.79. The van der Waals surface area contributed by atoms with Crippen molar-refractivity contribution in [2.75, 3.05) is 20.3 Å². The Labute approximate surface area is 91.1 Å². The standard InChI is InChI=1S/C11H20N2O2/c1-3-4-10(12)11(14)13(2)9-5-7-15-8-6-9/h3,9-10H,1,4-8,12H2,2H3. The third-order valence-electron chi connectivity index (χ3n) is 2.82. The zero-order valence-electron chi connectivity index (χ0n) is 9.32. The monoisotopic (exact) mass is 212 g/mol. The molecule has 0 aromatic rings. The first-order valence-corrected chi connectivity index (χ1v) is 5.37. The van der Waals surface area contributed by atoms with Gasteiger partial charge in [0.05, 0.1) is 6.04 Å². The lowest BCUT2D eigenvalue weighted by atomic mass is 10.1. The topological polar surface area (TPSA) is 55.6 Å². The molecule has 0 bridgehead atoms. The van der Waals surface area contributed by atoms with Gasteiger partial charge < -0.3 is 15.4 Å². The SMILES string of the molecule is C=CCC(N)C(=O)N(C)C1CCOCC1. The Morgan fingerprint density at radius 3 is 2.80 bits per heavy atom. The van der Waals surface area contributed by atoms with Gasteiger partial charge in [0.25, 0.3) is 0 Å². The summed E-state index contributed by atoms with van der Waals surface area (Å²) in [6, 6.07) is -0.169. The van der Waals surface area contributed by atoms with Crippen molar-refractivity contribution in [1.29, 1.82) is 0 Å². The van der Waals surface area contributed by atoms with Crippen LogP contribution in [0.25, 0.3) is 0 Å². The largest absolute Gasteiger partial charge is 0.381 e. The third kappa shape index (κ3) is 3.32. The van der Waals surface area contributed by atoms with Crippen molar-refractivity contribution in [2.45, 2.75) is 31.3 Å². The smallest absolute Gasteiger partial charge is 0.239 e. The molecule has 1 amide bonds. The van der Waals surface area contributed by atoms with E-state index < -0.39 is 6.04 Å². The molecule has 0 saturated carbocycles. The van der Waals surface area contributed by atoms with Crippen molar-refractivity contribution in [2.24, 2.45) is 5.73 Å². The second-order valence-electron chi connectivity index (χ2n) is 3.92. The first kappa shape index (κ1) is 12.2. The minimum Gasteiger partial charge on any atom is -0.381 e. The van der Waals surface area contributed by atoms with Gasteiger partial charge in [0, 0.05) is 26.3 Å². The molecule has 1 atom stereocenters. The second kappa shape index (κ2) is 5.88. The van der Waals surface area contributed by atoms with Crippen LogP contribution >= 0.6 is 0 Å². The molecule has 1 unspecified atom stereocenters. The maximum absolute atomic E-state index is 11.8. The molecule has 4 nitrogen and oxygen atoms in total. The molecule has 1 aliphatic heterocycles. The molecule has 2 N–H and O–H groups in total. The van der Waals surface area contributed by atoms with Gasteiger partial charge in [0.2, 0.25) is 5.91 Å². The zero-order valence-corrected chi connectivity index (χ0v) is 9.32. The Morgan fingerprint density at radius 2 is 2.27 bits per heavy atom. The molecule has 1 saturated heterocycles. The van der Waals surface area contributed by atoms with Crippen LogP contribution in [0.15, 0.2) is 12.7 Å². The highest BCUT2D eigenvalue weighted by Crippen LogP contribution is 2.13. The highest BCUT2D eigenvalue weighted by molar-refractivity contribution is 5.81. The van der Waals surface area contributed by atoms with Crippen LogP contribution in [0, 0.1) is 0 Å². The van der Waals surface area contributed by atoms with Crippen LogP contribution in [0.5, 0.6) is 0 Å². The Balaban J connectivity index is 2.46. The molecule has 0 aliphatic carbocycles. The maximum atomic E-state index is 11.8. The lowest BCUT2D eigenvalue weighted by Crippen LogP contribution is -2.48. The summed E-state index contributed by atoms with van der Waals surface area (Å²) in [5, 5.41) is 0. The highest BCUT2D eigenvalue weighted by atomic mass is 16.5. The number of carbonyl (C=O) groups excluding carboxylic acids is 1. The molecular formula is C11H20N2O2. The van der Waals surface area contributed by atoms with E-state index in [1.165, 1.54) is 0 Å². The number of carbonyl (C=O) groups is 1. The number of rotatable bonds is 4. The fraction of sp³-hybridized carbons (Fsp3) is 0.727. The number of ether oxygens (including phenoxy) is 1. The molecule has 0 aromatic carbocycles. The molecule has 0 radical (unpaired) electrons. The molecule has 1 aliphatic rings. The average Bonchev–Trinajstić information content (AvgIpc) is 2.28. The number of hydrogen-bond acceptors (Lipinski definition) is 3. The van der Waals surface area contributed by atoms with Crippen LogP contribution in [0.4, 0.5) is 0 Å². The summed E-state index contributed by atoms with van der Waals surface area (Å²) in [4.78, 5) is 13.6. The Morgan fingerprint density at radius 1 is 1.67 bits per heavy atom. The first-order chi connectivity index (χ1) is 7.16. The number of nitrogens with two attached hydrogens (primary N) is 1. The summed E-state index contributed by atoms with van der Waals surface area (Å²) in [5.74, 6) is 0.00167. The molecule has 15 heavy (non-hydrogen) atoms. The minimum atomic E-state index is -0.449. The summed E-state index contributed by atoms with van der Waals surface area (Å²) in [5.41, 5.74) is 5.74. The van der Waals surface area contributed by atoms with Gasteiger partial charge in [0.15, 0.2) is 0 Å². The van der Waals surface area contributed by atoms with E-state index in [9.17, 15) is 4.79 Å². The van der Waals surface area contributed by atoms with Gasteiger partial charge in [0.1, 0.15) is 0 Å². The quantitative estimate of drug-likeness (QED) is 0.691. The number of amides is 1. The van der Waals surface area contributed by atoms with Crippen LogP contribution < -0.4 is 5.73 Å². The molecule has 1 rings (SSSR count). The molecule has 1 heterocycles. The number of nitrogens with zero attached hydrogens (tertiary/aromatic N) is 1. The molecule has 4 heteroatoms. The van der Waals surface area contributed by atoms with Crippen LogP contribution in [-0.2, 0) is 9.53 Å². The van der Waals surface area contributed by atoms with Crippen molar-refractivity contribution >= 4 is 5.91 Å². The fourth-order valence-corrected chi connectivity index (χ4v) is 1.79. The summed E-state index contributed by atoms with van der Waals surface area (Å²) >= 11 is 0. The van der Waals surface area contributed by atoms with Gasteiger partial charge in [-0.05, 0) is 19.3 Å². The van der Waals surface area contributed by atoms with E-state index in [1.807, 2.05) is 7.05 Å². The maximum Gasteiger partial charge on any atom is 0.239 e. The van der Waals surface area contributed by atoms with Crippen molar-refractivity contribution in [3.63, 3.8) is 0 Å². The lowest BCUT2D eigenvalue weighted by molar-refractivity contribution is -0.134. The molecule has 86 valence electrons. The number of likely N-dealkylation sites (N-methyl/N-ethyl adjacent to an activating group) is 1. The van der Waals surface area contributed by atoms with Crippen LogP contribution in [-0.4, -0.2) is 43.2 Å². The lowest BCUT2D eigenvalue weighted by Gasteiger charge is -2.32. The predicted molar refractivity (Wildman–Crippen MR) is 59.4 cm³/mol. The molecule has 0 aromatic heterocycles. The van der Waals surface area contributed by atoms with Crippen molar-refractivity contribution in [3.05, 3.63) is 12.7 Å². The van der Waals surface area contributed by atoms with E-state index in [-0.39, 0.29) is 11.9 Å². The Bertz CT molecular complexity index is 225. The van der Waals surface area contributed by atoms with Crippen LogP contribution in [0.3, 0.4) is 0 Å². The van der Waals surface area contributed by atoms with Gasteiger partial charge in [-0.25, -0.2) is 0 Å². The van der Waals surface area contributed by atoms with Crippen molar-refractivity contribution < 1.29 is 9.53 Å². The second-order valence-corrected chi connectivity index (χ2v) is 3.92. The van der Waals surface area contributed by atoms with Gasteiger partial charge in [-0.1, -0.05) is 6.08 Å². The van der Waals surface area contributed by atoms with Gasteiger partial charge >= 0.3 is 0 Å². The normalized spacial score (nSPS) is 19.6. The predicted octanol–water partition coefficient (Wildman–Crippen LogP) is 0.527. The molecular weight excluding hydrogens is 192 g/mol.